The van der Waals surface area contributed by atoms with Crippen LogP contribution in [0.25, 0.3) is 0 Å². The van der Waals surface area contributed by atoms with Crippen molar-refractivity contribution in [2.24, 2.45) is 0 Å². The first-order chi connectivity index (χ1) is 1.41. The third-order valence-corrected chi connectivity index (χ3v) is 0. The van der Waals surface area contributed by atoms with E-state index in [1.807, 2.05) is 0 Å². The van der Waals surface area contributed by atoms with Crippen molar-refractivity contribution in [3.63, 3.8) is 0 Å². The van der Waals surface area contributed by atoms with E-state index >= 15 is 0 Å². The van der Waals surface area contributed by atoms with Crippen LogP contribution in [0.15, 0.2) is 0 Å². The predicted octanol–water partition coefficient (Wildman–Crippen LogP) is 0.119. The molecule has 2 nitrogen and oxygen atoms in total. The predicted molar refractivity (Wildman–Crippen MR) is 10.8 cm³/mol. The van der Waals surface area contributed by atoms with Gasteiger partial charge in [-0.05, 0) is 0 Å². The second-order valence-electron chi connectivity index (χ2n) is 0.0845. The van der Waals surface area contributed by atoms with E-state index < -0.39 is 0 Å². The second-order valence-corrected chi connectivity index (χ2v) is 0.254. The number of hydrogen-bond acceptors (Lipinski definition) is 2. The van der Waals surface area contributed by atoms with Crippen molar-refractivity contribution >= 4 is 11.8 Å². The van der Waals surface area contributed by atoms with Gasteiger partial charge in [-0.15, -0.1) is 5.00 Å². The molecule has 35 valence electrons. The molecule has 0 aliphatic carbocycles. The van der Waals surface area contributed by atoms with E-state index in [1.54, 1.807) is 0 Å². The summed E-state index contributed by atoms with van der Waals surface area (Å²) < 4.78 is 0. The summed E-state index contributed by atoms with van der Waals surface area (Å²) in [7, 11) is 0. The van der Waals surface area contributed by atoms with E-state index in [4.69, 9.17) is 5.21 Å². The molecule has 0 rings (SSSR count). The summed E-state index contributed by atoms with van der Waals surface area (Å²) >= 11 is 4.30. The molecule has 0 saturated carbocycles. The van der Waals surface area contributed by atoms with Gasteiger partial charge in [0.15, 0.2) is 0 Å². The molecule has 0 aliphatic rings. The molecule has 0 saturated heterocycles. The van der Waals surface area contributed by atoms with E-state index in [0.29, 0.717) is 0 Å². The standard InChI is InChI=1S/ClH2NO.Lu/c1-2-3;/h2-3H;. The molecule has 0 heterocycles. The fourth-order valence-corrected chi connectivity index (χ4v) is 0. The van der Waals surface area contributed by atoms with Crippen LogP contribution in [0.1, 0.15) is 0 Å². The first kappa shape index (κ1) is 9.06. The summed E-state index contributed by atoms with van der Waals surface area (Å²) in [5, 5.41) is 7.08. The van der Waals surface area contributed by atoms with Crippen LogP contribution >= 0.6 is 11.8 Å². The summed E-state index contributed by atoms with van der Waals surface area (Å²) in [6.07, 6.45) is 0. The van der Waals surface area contributed by atoms with Gasteiger partial charge in [-0.3, -0.25) is 0 Å². The Morgan fingerprint density at radius 2 is 1.75 bits per heavy atom. The van der Waals surface area contributed by atoms with Crippen molar-refractivity contribution < 1.29 is 42.1 Å². The maximum absolute atomic E-state index is 7.08. The summed E-state index contributed by atoms with van der Waals surface area (Å²) in [5.74, 6) is 0. The zero-order chi connectivity index (χ0) is 2.71. The first-order valence-corrected chi connectivity index (χ1v) is 0.791. The quantitative estimate of drug-likeness (QED) is 0.467. The van der Waals surface area contributed by atoms with Gasteiger partial charge >= 0.3 is 0 Å². The third kappa shape index (κ3) is 9.87. The summed E-state index contributed by atoms with van der Waals surface area (Å²) in [5.41, 5.74) is 0. The molecule has 0 spiro atoms. The van der Waals surface area contributed by atoms with E-state index in [-0.39, 0.29) is 36.9 Å². The third-order valence-electron chi connectivity index (χ3n) is 0. The fraction of sp³-hybridized carbons (Fsp3) is 0. The zero-order valence-electron chi connectivity index (χ0n) is 1.58. The van der Waals surface area contributed by atoms with Gasteiger partial charge in [-0.25, -0.2) is 0 Å². The maximum Gasteiger partial charge on any atom is 0.00268 e. The Balaban J connectivity index is 0. The molecule has 4 heteroatoms. The van der Waals surface area contributed by atoms with E-state index in [2.05, 4.69) is 11.8 Å². The summed E-state index contributed by atoms with van der Waals surface area (Å²) in [6, 6.07) is 0. The van der Waals surface area contributed by atoms with Crippen molar-refractivity contribution in [1.29, 1.82) is 0 Å². The van der Waals surface area contributed by atoms with Crippen molar-refractivity contribution in [2.75, 3.05) is 0 Å². The summed E-state index contributed by atoms with van der Waals surface area (Å²) in [4.78, 5) is 1.22. The molecule has 0 unspecified atom stereocenters. The van der Waals surface area contributed by atoms with Gasteiger partial charge in [0.25, 0.3) is 0 Å². The van der Waals surface area contributed by atoms with Gasteiger partial charge in [0.05, 0.1) is 0 Å². The number of hydrogen-bond donors (Lipinski definition) is 2. The van der Waals surface area contributed by atoms with Crippen LogP contribution in [-0.2, 0) is 0 Å². The topological polar surface area (TPSA) is 32.3 Å². The van der Waals surface area contributed by atoms with Crippen molar-refractivity contribution in [1.82, 2.24) is 5.00 Å². The van der Waals surface area contributed by atoms with Gasteiger partial charge in [0.2, 0.25) is 0 Å². The number of rotatable bonds is 0. The molecule has 0 atom stereocenters. The van der Waals surface area contributed by atoms with E-state index in [9.17, 15) is 0 Å². The van der Waals surface area contributed by atoms with Crippen molar-refractivity contribution in [3.05, 3.63) is 0 Å². The maximum atomic E-state index is 7.08. The fourth-order valence-electron chi connectivity index (χ4n) is 0. The molecular weight excluding hydrogens is 240 g/mol. The normalized spacial score (nSPS) is 4.50. The number of halogens is 1. The smallest absolute Gasteiger partial charge is 0.00268 e. The Labute approximate surface area is 58.4 Å². The van der Waals surface area contributed by atoms with Crippen molar-refractivity contribution in [2.45, 2.75) is 0 Å². The minimum Gasteiger partial charge on any atom is -0.301 e. The molecule has 0 bridgehead atoms. The molecule has 0 fully saturated rings. The van der Waals surface area contributed by atoms with Gasteiger partial charge < -0.3 is 5.21 Å². The molecule has 0 aromatic carbocycles. The molecular formula is H2ClLuNO. The molecule has 0 amide bonds. The monoisotopic (exact) mass is 242 g/mol. The zero-order valence-corrected chi connectivity index (χ0v) is 4.00. The SMILES string of the molecule is ONCl.[Lu]. The van der Waals surface area contributed by atoms with Crippen molar-refractivity contribution in [3.8, 4) is 0 Å². The molecule has 1 radical (unpaired) electrons. The van der Waals surface area contributed by atoms with Crippen LogP contribution in [0.2, 0.25) is 0 Å². The molecule has 0 aromatic rings. The van der Waals surface area contributed by atoms with Crippen LogP contribution in [0.5, 0.6) is 0 Å². The molecule has 0 aliphatic heterocycles. The van der Waals surface area contributed by atoms with Gasteiger partial charge in [0.1, 0.15) is 0 Å². The average molecular weight is 242 g/mol. The van der Waals surface area contributed by atoms with Gasteiger partial charge in [0, 0.05) is 48.7 Å². The van der Waals surface area contributed by atoms with Crippen LogP contribution in [0, 0.1) is 36.9 Å². The van der Waals surface area contributed by atoms with Crippen LogP contribution < -0.4 is 5.00 Å². The van der Waals surface area contributed by atoms with Crippen LogP contribution in [-0.4, -0.2) is 5.21 Å². The first-order valence-electron chi connectivity index (χ1n) is 0.413. The molecule has 0 aromatic heterocycles. The second kappa shape index (κ2) is 8.82. The minimum absolute atomic E-state index is 0. The number of nitrogens with one attached hydrogen (secondary N) is 1. The van der Waals surface area contributed by atoms with Gasteiger partial charge in [-0.1, -0.05) is 0 Å². The van der Waals surface area contributed by atoms with Crippen LogP contribution in [0.4, 0.5) is 0 Å². The van der Waals surface area contributed by atoms with E-state index in [1.165, 1.54) is 5.00 Å². The largest absolute Gasteiger partial charge is 0.301 e. The van der Waals surface area contributed by atoms with Gasteiger partial charge in [-0.2, -0.15) is 0 Å². The Kier molecular flexibility index (Phi) is 20.0. The van der Waals surface area contributed by atoms with Crippen LogP contribution in [0.3, 0.4) is 0 Å². The minimum atomic E-state index is 0. The Morgan fingerprint density at radius 1 is 1.75 bits per heavy atom. The Bertz CT molecular complexity index is 8.00. The summed E-state index contributed by atoms with van der Waals surface area (Å²) in [6.45, 7) is 0. The Morgan fingerprint density at radius 3 is 1.75 bits per heavy atom. The molecule has 4 heavy (non-hydrogen) atoms. The Hall–Kier alpha value is 1.44. The average Bonchev–Trinajstić information content (AvgIpc) is 0.918. The molecule has 2 N–H and O–H groups in total. The van der Waals surface area contributed by atoms with E-state index in [0.717, 1.165) is 0 Å².